The normalized spacial score (nSPS) is 13.4. The molecule has 4 nitrogen and oxygen atoms in total. The lowest BCUT2D eigenvalue weighted by molar-refractivity contribution is 0.652. The van der Waals surface area contributed by atoms with E-state index in [2.05, 4.69) is 95.1 Å². The Morgan fingerprint density at radius 2 is 1.40 bits per heavy atom. The Hall–Kier alpha value is -3.79. The fraction of sp³-hybridized carbons (Fsp3) is 0.0769. The topological polar surface area (TPSA) is 32.5 Å². The second-order valence-electron chi connectivity index (χ2n) is 7.69. The van der Waals surface area contributed by atoms with Crippen LogP contribution in [0.1, 0.15) is 11.3 Å². The van der Waals surface area contributed by atoms with Gasteiger partial charge >= 0.3 is 0 Å². The van der Waals surface area contributed by atoms with Crippen LogP contribution in [0.15, 0.2) is 83.3 Å². The van der Waals surface area contributed by atoms with E-state index in [4.69, 9.17) is 4.42 Å². The van der Waals surface area contributed by atoms with Crippen LogP contribution < -0.4 is 9.80 Å². The van der Waals surface area contributed by atoms with Gasteiger partial charge in [-0.2, -0.15) is 0 Å². The summed E-state index contributed by atoms with van der Waals surface area (Å²) in [5.41, 5.74) is 8.10. The van der Waals surface area contributed by atoms with Gasteiger partial charge in [-0.3, -0.25) is 0 Å². The van der Waals surface area contributed by atoms with E-state index in [1.165, 1.54) is 0 Å². The van der Waals surface area contributed by atoms with Crippen molar-refractivity contribution in [3.8, 4) is 0 Å². The molecule has 6 rings (SSSR count). The number of para-hydroxylation sites is 3. The largest absolute Gasteiger partial charge is 0.435 e. The molecule has 5 aromatic rings. The number of hydrogen-bond donors (Lipinski definition) is 0. The minimum atomic E-state index is 0.684. The van der Waals surface area contributed by atoms with Gasteiger partial charge in [0.15, 0.2) is 12.3 Å². The Morgan fingerprint density at radius 3 is 2.20 bits per heavy atom. The first-order valence-corrected chi connectivity index (χ1v) is 10.1. The SMILES string of the molecule is Cc1ccc2c(n1)oc1c(N3[CH]N(c4ccccc4)c4ccccc43)c(C)ccc12. The van der Waals surface area contributed by atoms with Gasteiger partial charge in [-0.05, 0) is 55.8 Å². The van der Waals surface area contributed by atoms with Gasteiger partial charge in [0.1, 0.15) is 0 Å². The molecule has 0 aliphatic carbocycles. The standard InChI is InChI=1S/C26H20N3O/c1-17-12-14-20-21-15-13-18(2)27-26(21)30-25(20)24(17)29-16-28(19-8-4-3-5-9-19)22-10-6-7-11-23(22)29/h3-16H,1-2H3. The molecule has 0 saturated heterocycles. The molecule has 1 aliphatic rings. The summed E-state index contributed by atoms with van der Waals surface area (Å²) in [5.74, 6) is 0. The van der Waals surface area contributed by atoms with Crippen molar-refractivity contribution in [1.82, 2.24) is 4.98 Å². The van der Waals surface area contributed by atoms with Gasteiger partial charge in [-0.15, -0.1) is 0 Å². The predicted molar refractivity (Wildman–Crippen MR) is 122 cm³/mol. The van der Waals surface area contributed by atoms with Gasteiger partial charge in [0.05, 0.1) is 17.1 Å². The van der Waals surface area contributed by atoms with E-state index in [0.717, 1.165) is 50.4 Å². The van der Waals surface area contributed by atoms with Crippen molar-refractivity contribution in [1.29, 1.82) is 0 Å². The number of benzene rings is 3. The number of anilines is 4. The summed E-state index contributed by atoms with van der Waals surface area (Å²) >= 11 is 0. The van der Waals surface area contributed by atoms with Gasteiger partial charge in [0.2, 0.25) is 5.71 Å². The van der Waals surface area contributed by atoms with Crippen LogP contribution in [-0.4, -0.2) is 4.98 Å². The molecule has 4 heteroatoms. The van der Waals surface area contributed by atoms with Gasteiger partial charge in [-0.1, -0.05) is 42.5 Å². The summed E-state index contributed by atoms with van der Waals surface area (Å²) in [6, 6.07) is 27.3. The number of fused-ring (bicyclic) bond motifs is 4. The molecule has 2 aromatic heterocycles. The second kappa shape index (κ2) is 6.36. The van der Waals surface area contributed by atoms with Crippen molar-refractivity contribution < 1.29 is 4.42 Å². The molecule has 0 atom stereocenters. The molecule has 30 heavy (non-hydrogen) atoms. The summed E-state index contributed by atoms with van der Waals surface area (Å²) < 4.78 is 6.32. The molecule has 1 radical (unpaired) electrons. The van der Waals surface area contributed by atoms with Gasteiger partial charge in [-0.25, -0.2) is 4.98 Å². The summed E-state index contributed by atoms with van der Waals surface area (Å²) in [4.78, 5) is 9.06. The quantitative estimate of drug-likeness (QED) is 0.325. The van der Waals surface area contributed by atoms with Crippen molar-refractivity contribution in [3.63, 3.8) is 0 Å². The van der Waals surface area contributed by atoms with Crippen LogP contribution in [0.5, 0.6) is 0 Å². The Bertz CT molecular complexity index is 1400. The molecule has 0 N–H and O–H groups in total. The van der Waals surface area contributed by atoms with Crippen LogP contribution in [0.2, 0.25) is 0 Å². The van der Waals surface area contributed by atoms with Gasteiger partial charge in [0.25, 0.3) is 0 Å². The van der Waals surface area contributed by atoms with Gasteiger partial charge in [0, 0.05) is 22.2 Å². The van der Waals surface area contributed by atoms with E-state index >= 15 is 0 Å². The zero-order valence-electron chi connectivity index (χ0n) is 16.8. The number of furan rings is 1. The Kier molecular flexibility index (Phi) is 3.62. The minimum absolute atomic E-state index is 0.684. The Morgan fingerprint density at radius 1 is 0.700 bits per heavy atom. The molecule has 0 spiro atoms. The minimum Gasteiger partial charge on any atom is -0.435 e. The summed E-state index contributed by atoms with van der Waals surface area (Å²) in [7, 11) is 0. The highest BCUT2D eigenvalue weighted by Crippen LogP contribution is 2.49. The highest BCUT2D eigenvalue weighted by molar-refractivity contribution is 6.10. The highest BCUT2D eigenvalue weighted by atomic mass is 16.3. The van der Waals surface area contributed by atoms with E-state index in [-0.39, 0.29) is 0 Å². The number of rotatable bonds is 2. The van der Waals surface area contributed by atoms with Crippen LogP contribution in [-0.2, 0) is 0 Å². The summed E-state index contributed by atoms with van der Waals surface area (Å²) in [6.45, 7) is 6.26. The van der Waals surface area contributed by atoms with Crippen LogP contribution in [0.25, 0.3) is 22.1 Å². The summed E-state index contributed by atoms with van der Waals surface area (Å²) in [6.07, 6.45) is 0. The number of aromatic nitrogens is 1. The van der Waals surface area contributed by atoms with Crippen LogP contribution in [0, 0.1) is 20.5 Å². The lowest BCUT2D eigenvalue weighted by Gasteiger charge is -2.22. The summed E-state index contributed by atoms with van der Waals surface area (Å²) in [5, 5.41) is 2.13. The molecule has 0 bridgehead atoms. The number of hydrogen-bond acceptors (Lipinski definition) is 4. The maximum atomic E-state index is 6.32. The van der Waals surface area contributed by atoms with Crippen molar-refractivity contribution in [2.24, 2.45) is 0 Å². The van der Waals surface area contributed by atoms with E-state index in [0.29, 0.717) is 5.71 Å². The lowest BCUT2D eigenvalue weighted by atomic mass is 10.1. The molecule has 145 valence electrons. The molecule has 0 saturated carbocycles. The van der Waals surface area contributed by atoms with E-state index in [1.54, 1.807) is 0 Å². The third kappa shape index (κ3) is 2.43. The number of aryl methyl sites for hydroxylation is 2. The zero-order valence-corrected chi connectivity index (χ0v) is 16.8. The molecule has 0 unspecified atom stereocenters. The second-order valence-corrected chi connectivity index (χ2v) is 7.69. The molecule has 1 aliphatic heterocycles. The first-order chi connectivity index (χ1) is 14.7. The third-order valence-corrected chi connectivity index (χ3v) is 5.73. The van der Waals surface area contributed by atoms with E-state index in [9.17, 15) is 0 Å². The molecular formula is C26H20N3O. The zero-order chi connectivity index (χ0) is 20.2. The molecule has 3 aromatic carbocycles. The van der Waals surface area contributed by atoms with Crippen LogP contribution >= 0.6 is 0 Å². The van der Waals surface area contributed by atoms with Crippen molar-refractivity contribution in [3.05, 3.63) is 96.8 Å². The average Bonchev–Trinajstić information content (AvgIpc) is 3.32. The third-order valence-electron chi connectivity index (χ3n) is 5.73. The van der Waals surface area contributed by atoms with Crippen LogP contribution in [0.4, 0.5) is 22.7 Å². The fourth-order valence-corrected chi connectivity index (χ4v) is 4.28. The van der Waals surface area contributed by atoms with Crippen molar-refractivity contribution in [2.45, 2.75) is 13.8 Å². The highest BCUT2D eigenvalue weighted by Gasteiger charge is 2.31. The van der Waals surface area contributed by atoms with Crippen molar-refractivity contribution in [2.75, 3.05) is 9.80 Å². The van der Waals surface area contributed by atoms with E-state index < -0.39 is 0 Å². The Balaban J connectivity index is 1.59. The number of pyridine rings is 1. The van der Waals surface area contributed by atoms with Crippen LogP contribution in [0.3, 0.4) is 0 Å². The molecule has 3 heterocycles. The number of nitrogens with zero attached hydrogens (tertiary/aromatic N) is 3. The smallest absolute Gasteiger partial charge is 0.227 e. The van der Waals surface area contributed by atoms with Crippen molar-refractivity contribution >= 4 is 44.8 Å². The maximum Gasteiger partial charge on any atom is 0.227 e. The molecule has 0 fully saturated rings. The van der Waals surface area contributed by atoms with Gasteiger partial charge < -0.3 is 14.2 Å². The molecular weight excluding hydrogens is 370 g/mol. The first-order valence-electron chi connectivity index (χ1n) is 10.1. The maximum absolute atomic E-state index is 6.32. The lowest BCUT2D eigenvalue weighted by Crippen LogP contribution is -2.18. The Labute approximate surface area is 175 Å². The molecule has 0 amide bonds. The fourth-order valence-electron chi connectivity index (χ4n) is 4.28. The monoisotopic (exact) mass is 390 g/mol. The first kappa shape index (κ1) is 17.1. The van der Waals surface area contributed by atoms with E-state index in [1.807, 2.05) is 19.1 Å². The average molecular weight is 390 g/mol. The predicted octanol–water partition coefficient (Wildman–Crippen LogP) is 7.01.